The minimum Gasteiger partial charge on any atom is -0.206 e. The summed E-state index contributed by atoms with van der Waals surface area (Å²) in [6.45, 7) is 1.90. The van der Waals surface area contributed by atoms with E-state index in [1.54, 1.807) is 6.07 Å². The molecule has 0 unspecified atom stereocenters. The van der Waals surface area contributed by atoms with Crippen LogP contribution in [0.3, 0.4) is 0 Å². The highest BCUT2D eigenvalue weighted by atomic mass is 32.1. The van der Waals surface area contributed by atoms with Crippen molar-refractivity contribution in [2.24, 2.45) is 0 Å². The van der Waals surface area contributed by atoms with Crippen molar-refractivity contribution < 1.29 is 8.78 Å². The SMILES string of the molecule is [B]Cc1ccc(-c2cc(F)c(-c3ccc([B]C)s3)c(F)c2)cc1. The Balaban J connectivity index is 2.02. The fraction of sp³-hybridized carbons (Fsp3) is 0.111. The minimum atomic E-state index is -0.549. The summed E-state index contributed by atoms with van der Waals surface area (Å²) >= 11 is 1.37. The van der Waals surface area contributed by atoms with E-state index in [-0.39, 0.29) is 5.56 Å². The van der Waals surface area contributed by atoms with E-state index < -0.39 is 11.6 Å². The van der Waals surface area contributed by atoms with Crippen LogP contribution in [0.4, 0.5) is 8.78 Å². The van der Waals surface area contributed by atoms with Gasteiger partial charge in [-0.25, -0.2) is 8.78 Å². The Morgan fingerprint density at radius 1 is 0.957 bits per heavy atom. The Morgan fingerprint density at radius 3 is 2.13 bits per heavy atom. The third-order valence-electron chi connectivity index (χ3n) is 3.72. The first-order chi connectivity index (χ1) is 11.1. The van der Waals surface area contributed by atoms with Crippen molar-refractivity contribution in [3.8, 4) is 21.6 Å². The van der Waals surface area contributed by atoms with Gasteiger partial charge in [0.15, 0.2) is 7.28 Å². The number of hydrogen-bond donors (Lipinski definition) is 0. The molecule has 1 aromatic heterocycles. The average Bonchev–Trinajstić information content (AvgIpc) is 3.03. The van der Waals surface area contributed by atoms with Gasteiger partial charge in [0.1, 0.15) is 11.6 Å². The van der Waals surface area contributed by atoms with E-state index in [0.29, 0.717) is 16.8 Å². The molecule has 111 valence electrons. The molecule has 0 spiro atoms. The van der Waals surface area contributed by atoms with Crippen molar-refractivity contribution in [1.29, 1.82) is 0 Å². The van der Waals surface area contributed by atoms with Gasteiger partial charge in [-0.15, -0.1) is 0 Å². The van der Waals surface area contributed by atoms with Gasteiger partial charge in [0.25, 0.3) is 0 Å². The van der Waals surface area contributed by atoms with Crippen molar-refractivity contribution in [3.05, 3.63) is 65.7 Å². The van der Waals surface area contributed by atoms with E-state index in [2.05, 4.69) is 0 Å². The predicted octanol–water partition coefficient (Wildman–Crippen LogP) is 4.41. The monoisotopic (exact) mass is 321 g/mol. The molecule has 23 heavy (non-hydrogen) atoms. The van der Waals surface area contributed by atoms with Crippen LogP contribution in [0.1, 0.15) is 5.56 Å². The average molecular weight is 321 g/mol. The van der Waals surface area contributed by atoms with Crippen LogP contribution in [0.5, 0.6) is 0 Å². The minimum absolute atomic E-state index is 0.0328. The maximum absolute atomic E-state index is 14.5. The van der Waals surface area contributed by atoms with Gasteiger partial charge in [0.05, 0.1) is 13.4 Å². The van der Waals surface area contributed by atoms with E-state index in [4.69, 9.17) is 7.85 Å². The van der Waals surface area contributed by atoms with Crippen molar-refractivity contribution in [2.45, 2.75) is 13.1 Å². The van der Waals surface area contributed by atoms with Crippen LogP contribution in [0.25, 0.3) is 21.6 Å². The van der Waals surface area contributed by atoms with Crippen molar-refractivity contribution in [3.63, 3.8) is 0 Å². The van der Waals surface area contributed by atoms with Gasteiger partial charge in [0.2, 0.25) is 0 Å². The summed E-state index contributed by atoms with van der Waals surface area (Å²) in [5.41, 5.74) is 2.30. The third kappa shape index (κ3) is 3.25. The molecule has 0 aliphatic rings. The molecule has 0 nitrogen and oxygen atoms in total. The molecule has 0 atom stereocenters. The molecule has 5 heteroatoms. The summed E-state index contributed by atoms with van der Waals surface area (Å²) in [5.74, 6) is -1.10. The molecule has 0 saturated carbocycles. The van der Waals surface area contributed by atoms with E-state index in [1.165, 1.54) is 23.5 Å². The van der Waals surface area contributed by atoms with E-state index in [9.17, 15) is 8.78 Å². The molecule has 0 saturated heterocycles. The topological polar surface area (TPSA) is 0 Å². The zero-order valence-electron chi connectivity index (χ0n) is 12.6. The van der Waals surface area contributed by atoms with Crippen LogP contribution in [0.2, 0.25) is 6.82 Å². The van der Waals surface area contributed by atoms with Gasteiger partial charge in [-0.1, -0.05) is 49.0 Å². The molecule has 0 fully saturated rings. The first-order valence-corrected chi connectivity index (χ1v) is 8.12. The summed E-state index contributed by atoms with van der Waals surface area (Å²) in [4.78, 5) is 0.595. The second kappa shape index (κ2) is 6.71. The van der Waals surface area contributed by atoms with Crippen molar-refractivity contribution >= 4 is 31.2 Å². The first-order valence-electron chi connectivity index (χ1n) is 7.30. The van der Waals surface area contributed by atoms with Crippen LogP contribution < -0.4 is 4.78 Å². The van der Waals surface area contributed by atoms with Crippen LogP contribution >= 0.6 is 11.3 Å². The number of hydrogen-bond acceptors (Lipinski definition) is 1. The third-order valence-corrected chi connectivity index (χ3v) is 4.89. The zero-order chi connectivity index (χ0) is 16.4. The maximum atomic E-state index is 14.5. The molecular weight excluding hydrogens is 308 g/mol. The van der Waals surface area contributed by atoms with E-state index in [1.807, 2.05) is 44.4 Å². The van der Waals surface area contributed by atoms with Crippen LogP contribution in [-0.2, 0) is 6.32 Å². The lowest BCUT2D eigenvalue weighted by Crippen LogP contribution is -2.01. The van der Waals surface area contributed by atoms with Gasteiger partial charge >= 0.3 is 0 Å². The lowest BCUT2D eigenvalue weighted by Gasteiger charge is -2.08. The van der Waals surface area contributed by atoms with Crippen LogP contribution in [0.15, 0.2) is 48.5 Å². The smallest absolute Gasteiger partial charge is 0.162 e. The van der Waals surface area contributed by atoms with Crippen molar-refractivity contribution in [2.75, 3.05) is 0 Å². The standard InChI is InChI=1S/C18H13B2F2S/c1-20-17-7-6-16(23-17)18-14(21)8-13(9-15(18)22)12-4-2-11(10-19)3-5-12/h2-9H,10H2,1H3. The summed E-state index contributed by atoms with van der Waals surface area (Å²) in [6, 6.07) is 13.7. The Hall–Kier alpha value is -1.87. The molecule has 0 bridgehead atoms. The highest BCUT2D eigenvalue weighted by Gasteiger charge is 2.15. The molecule has 3 aromatic rings. The normalized spacial score (nSPS) is 10.7. The largest absolute Gasteiger partial charge is 0.206 e. The molecule has 0 aliphatic carbocycles. The Labute approximate surface area is 140 Å². The predicted molar refractivity (Wildman–Crippen MR) is 95.8 cm³/mol. The highest BCUT2D eigenvalue weighted by Crippen LogP contribution is 2.33. The zero-order valence-corrected chi connectivity index (χ0v) is 13.5. The maximum Gasteiger partial charge on any atom is 0.162 e. The Morgan fingerprint density at radius 2 is 1.61 bits per heavy atom. The lowest BCUT2D eigenvalue weighted by atomic mass is 9.81. The lowest BCUT2D eigenvalue weighted by molar-refractivity contribution is 0.591. The molecule has 3 rings (SSSR count). The summed E-state index contributed by atoms with van der Waals surface area (Å²) < 4.78 is 29.9. The van der Waals surface area contributed by atoms with E-state index >= 15 is 0 Å². The number of halogens is 2. The molecule has 0 aliphatic heterocycles. The fourth-order valence-corrected chi connectivity index (χ4v) is 3.39. The van der Waals surface area contributed by atoms with Gasteiger partial charge in [-0.3, -0.25) is 0 Å². The highest BCUT2D eigenvalue weighted by molar-refractivity contribution is 7.24. The van der Waals surface area contributed by atoms with Gasteiger partial charge in [-0.2, -0.15) is 11.3 Å². The molecule has 3 radical (unpaired) electrons. The molecule has 0 N–H and O–H groups in total. The second-order valence-electron chi connectivity index (χ2n) is 5.21. The summed E-state index contributed by atoms with van der Waals surface area (Å²) in [5, 5.41) is 0. The summed E-state index contributed by atoms with van der Waals surface area (Å²) in [7, 11) is 7.48. The quantitative estimate of drug-likeness (QED) is 0.625. The first kappa shape index (κ1) is 16.0. The number of benzene rings is 2. The van der Waals surface area contributed by atoms with Gasteiger partial charge < -0.3 is 0 Å². The van der Waals surface area contributed by atoms with Crippen LogP contribution in [-0.4, -0.2) is 15.1 Å². The summed E-state index contributed by atoms with van der Waals surface area (Å²) in [6.07, 6.45) is 0.442. The number of rotatable bonds is 4. The Bertz CT molecular complexity index is 802. The van der Waals surface area contributed by atoms with Gasteiger partial charge in [-0.05, 0) is 34.1 Å². The molecule has 2 aromatic carbocycles. The second-order valence-corrected chi connectivity index (χ2v) is 6.32. The van der Waals surface area contributed by atoms with E-state index in [0.717, 1.165) is 15.9 Å². The van der Waals surface area contributed by atoms with Crippen molar-refractivity contribution in [1.82, 2.24) is 0 Å². The molecule has 1 heterocycles. The fourth-order valence-electron chi connectivity index (χ4n) is 2.45. The Kier molecular flexibility index (Phi) is 4.67. The van der Waals surface area contributed by atoms with Crippen LogP contribution in [0, 0.1) is 11.6 Å². The van der Waals surface area contributed by atoms with Gasteiger partial charge in [0, 0.05) is 4.88 Å². The number of thiophene rings is 1. The molecule has 0 amide bonds. The molecular formula is C18H13B2F2S.